The minimum absolute atomic E-state index is 0.507. The van der Waals surface area contributed by atoms with Gasteiger partial charge in [0.25, 0.3) is 0 Å². The van der Waals surface area contributed by atoms with Crippen molar-refractivity contribution >= 4 is 18.4 Å². The van der Waals surface area contributed by atoms with Crippen LogP contribution in [0.25, 0.3) is 11.1 Å². The van der Waals surface area contributed by atoms with E-state index in [1.54, 1.807) is 6.07 Å². The first-order valence-corrected chi connectivity index (χ1v) is 7.76. The Balaban J connectivity index is 2.45. The Kier molecular flexibility index (Phi) is 3.60. The summed E-state index contributed by atoms with van der Waals surface area (Å²) in [7, 11) is 0. The molecule has 17 heavy (non-hydrogen) atoms. The summed E-state index contributed by atoms with van der Waals surface area (Å²) in [5.41, 5.74) is 7.23. The molecule has 0 heterocycles. The molecule has 0 bridgehead atoms. The predicted molar refractivity (Wildman–Crippen MR) is 73.2 cm³/mol. The first kappa shape index (κ1) is 12.3. The zero-order valence-electron chi connectivity index (χ0n) is 8.98. The molecule has 1 unspecified atom stereocenters. The Labute approximate surface area is 105 Å². The van der Waals surface area contributed by atoms with Gasteiger partial charge in [-0.2, -0.15) is 0 Å². The molecule has 5 heteroatoms. The van der Waals surface area contributed by atoms with E-state index in [1.807, 2.05) is 48.5 Å². The molecule has 0 amide bonds. The van der Waals surface area contributed by atoms with Gasteiger partial charge in [0.15, 0.2) is 0 Å². The standard InChI is InChI=1S/C12H12NO2PS/c13-16(14,17)15-12-9-5-4-8-11(12)10-6-2-1-3-7-10/h1-9H,(H3,13,14,17). The molecule has 3 nitrogen and oxygen atoms in total. The third kappa shape index (κ3) is 3.38. The molecule has 0 aromatic heterocycles. The van der Waals surface area contributed by atoms with Crippen molar-refractivity contribution in [3.63, 3.8) is 0 Å². The Morgan fingerprint density at radius 2 is 1.59 bits per heavy atom. The topological polar surface area (TPSA) is 55.5 Å². The lowest BCUT2D eigenvalue weighted by Gasteiger charge is -2.15. The van der Waals surface area contributed by atoms with E-state index in [0.29, 0.717) is 5.75 Å². The van der Waals surface area contributed by atoms with Gasteiger partial charge in [0.1, 0.15) is 5.75 Å². The number of nitrogens with two attached hydrogens (primary N) is 1. The van der Waals surface area contributed by atoms with Crippen molar-refractivity contribution in [1.29, 1.82) is 0 Å². The summed E-state index contributed by atoms with van der Waals surface area (Å²) < 4.78 is 5.25. The van der Waals surface area contributed by atoms with E-state index in [4.69, 9.17) is 21.8 Å². The number of hydrogen-bond acceptors (Lipinski definition) is 2. The van der Waals surface area contributed by atoms with E-state index in [9.17, 15) is 4.89 Å². The smallest absolute Gasteiger partial charge is 0.307 e. The van der Waals surface area contributed by atoms with Crippen LogP contribution in [-0.2, 0) is 11.8 Å². The highest BCUT2D eigenvalue weighted by atomic mass is 32.5. The molecule has 0 saturated carbocycles. The van der Waals surface area contributed by atoms with Gasteiger partial charge in [-0.1, -0.05) is 48.5 Å². The lowest BCUT2D eigenvalue weighted by Crippen LogP contribution is -2.01. The minimum atomic E-state index is -3.20. The molecule has 0 aliphatic carbocycles. The van der Waals surface area contributed by atoms with Gasteiger partial charge in [-0.3, -0.25) is 0 Å². The minimum Gasteiger partial charge on any atom is -0.432 e. The summed E-state index contributed by atoms with van der Waals surface area (Å²) >= 11 is 4.70. The van der Waals surface area contributed by atoms with Gasteiger partial charge in [-0.05, 0) is 23.4 Å². The second-order valence-corrected chi connectivity index (χ2v) is 6.40. The Bertz CT molecular complexity index is 553. The average molecular weight is 265 g/mol. The molecular formula is C12H12NO2PS. The molecule has 2 rings (SSSR count). The summed E-state index contributed by atoms with van der Waals surface area (Å²) in [5, 5.41) is 0. The number of rotatable bonds is 3. The molecule has 0 radical (unpaired) electrons. The molecule has 1 atom stereocenters. The monoisotopic (exact) mass is 265 g/mol. The molecule has 0 saturated heterocycles. The van der Waals surface area contributed by atoms with Crippen molar-refractivity contribution < 1.29 is 9.42 Å². The lowest BCUT2D eigenvalue weighted by atomic mass is 10.1. The van der Waals surface area contributed by atoms with E-state index in [0.717, 1.165) is 11.1 Å². The van der Waals surface area contributed by atoms with Crippen LogP contribution in [0.4, 0.5) is 0 Å². The van der Waals surface area contributed by atoms with Crippen LogP contribution in [0.3, 0.4) is 0 Å². The largest absolute Gasteiger partial charge is 0.432 e. The molecule has 0 aliphatic rings. The van der Waals surface area contributed by atoms with Crippen molar-refractivity contribution in [2.24, 2.45) is 5.50 Å². The SMILES string of the molecule is NP(O)(=S)Oc1ccccc1-c1ccccc1. The Morgan fingerprint density at radius 3 is 2.24 bits per heavy atom. The molecule has 0 spiro atoms. The lowest BCUT2D eigenvalue weighted by molar-refractivity contribution is 0.485. The fourth-order valence-corrected chi connectivity index (χ4v) is 2.23. The van der Waals surface area contributed by atoms with E-state index >= 15 is 0 Å². The van der Waals surface area contributed by atoms with Crippen molar-refractivity contribution in [2.75, 3.05) is 0 Å². The number of para-hydroxylation sites is 1. The molecule has 88 valence electrons. The highest BCUT2D eigenvalue weighted by Crippen LogP contribution is 2.39. The maximum absolute atomic E-state index is 9.42. The van der Waals surface area contributed by atoms with Crippen LogP contribution in [0.5, 0.6) is 5.75 Å². The molecular weight excluding hydrogens is 253 g/mol. The molecule has 2 aromatic carbocycles. The molecule has 0 fully saturated rings. The van der Waals surface area contributed by atoms with Crippen molar-refractivity contribution in [3.8, 4) is 16.9 Å². The molecule has 3 N–H and O–H groups in total. The van der Waals surface area contributed by atoms with Crippen LogP contribution < -0.4 is 10.0 Å². The summed E-state index contributed by atoms with van der Waals surface area (Å²) in [6.07, 6.45) is 0. The zero-order valence-corrected chi connectivity index (χ0v) is 10.7. The van der Waals surface area contributed by atoms with Gasteiger partial charge in [-0.15, -0.1) is 0 Å². The van der Waals surface area contributed by atoms with Crippen molar-refractivity contribution in [2.45, 2.75) is 0 Å². The van der Waals surface area contributed by atoms with E-state index in [1.165, 1.54) is 0 Å². The van der Waals surface area contributed by atoms with Crippen LogP contribution in [0.15, 0.2) is 54.6 Å². The van der Waals surface area contributed by atoms with Crippen molar-refractivity contribution in [1.82, 2.24) is 0 Å². The van der Waals surface area contributed by atoms with Gasteiger partial charge < -0.3 is 9.42 Å². The third-order valence-electron chi connectivity index (χ3n) is 2.20. The normalized spacial score (nSPS) is 14.0. The fourth-order valence-electron chi connectivity index (χ4n) is 1.54. The van der Waals surface area contributed by atoms with E-state index in [2.05, 4.69) is 0 Å². The second-order valence-electron chi connectivity index (χ2n) is 3.52. The van der Waals surface area contributed by atoms with Crippen LogP contribution >= 0.6 is 6.64 Å². The van der Waals surface area contributed by atoms with Crippen LogP contribution in [0, 0.1) is 0 Å². The maximum Gasteiger partial charge on any atom is 0.307 e. The van der Waals surface area contributed by atoms with Crippen LogP contribution in [-0.4, -0.2) is 4.89 Å². The highest BCUT2D eigenvalue weighted by Gasteiger charge is 2.12. The number of benzene rings is 2. The van der Waals surface area contributed by atoms with Crippen LogP contribution in [0.1, 0.15) is 0 Å². The van der Waals surface area contributed by atoms with Gasteiger partial charge in [0.2, 0.25) is 0 Å². The third-order valence-corrected chi connectivity index (χ3v) is 2.88. The van der Waals surface area contributed by atoms with Gasteiger partial charge in [0.05, 0.1) is 0 Å². The van der Waals surface area contributed by atoms with Gasteiger partial charge in [0, 0.05) is 5.56 Å². The van der Waals surface area contributed by atoms with Crippen LogP contribution in [0.2, 0.25) is 0 Å². The molecule has 0 aliphatic heterocycles. The predicted octanol–water partition coefficient (Wildman–Crippen LogP) is 2.91. The molecule has 2 aromatic rings. The first-order chi connectivity index (χ1) is 8.06. The Morgan fingerprint density at radius 1 is 1.00 bits per heavy atom. The zero-order chi connectivity index (χ0) is 12.3. The highest BCUT2D eigenvalue weighted by molar-refractivity contribution is 8.08. The summed E-state index contributed by atoms with van der Waals surface area (Å²) in [4.78, 5) is 9.42. The van der Waals surface area contributed by atoms with Gasteiger partial charge >= 0.3 is 6.64 Å². The summed E-state index contributed by atoms with van der Waals surface area (Å²) in [6, 6.07) is 17.1. The quantitative estimate of drug-likeness (QED) is 0.838. The van der Waals surface area contributed by atoms with E-state index < -0.39 is 6.64 Å². The average Bonchev–Trinajstić information content (AvgIpc) is 2.29. The van der Waals surface area contributed by atoms with E-state index in [-0.39, 0.29) is 0 Å². The maximum atomic E-state index is 9.42. The first-order valence-electron chi connectivity index (χ1n) is 5.02. The summed E-state index contributed by atoms with van der Waals surface area (Å²) in [5.74, 6) is 0.507. The Hall–Kier alpha value is -1.19. The summed E-state index contributed by atoms with van der Waals surface area (Å²) in [6.45, 7) is -3.20. The fraction of sp³-hybridized carbons (Fsp3) is 0. The van der Waals surface area contributed by atoms with Gasteiger partial charge in [-0.25, -0.2) is 5.50 Å². The van der Waals surface area contributed by atoms with Crippen molar-refractivity contribution in [3.05, 3.63) is 54.6 Å². The number of hydrogen-bond donors (Lipinski definition) is 2. The second kappa shape index (κ2) is 4.98.